The molecule has 0 saturated carbocycles. The van der Waals surface area contributed by atoms with Crippen LogP contribution in [0.15, 0.2) is 59.7 Å². The van der Waals surface area contributed by atoms with E-state index in [-0.39, 0.29) is 22.3 Å². The molecule has 0 unspecified atom stereocenters. The molecule has 0 aliphatic heterocycles. The van der Waals surface area contributed by atoms with Gasteiger partial charge in [-0.1, -0.05) is 52.5 Å². The molecule has 0 aromatic heterocycles. The molecule has 0 aliphatic rings. The molecular weight excluding hydrogens is 566 g/mol. The fourth-order valence-electron chi connectivity index (χ4n) is 2.79. The van der Waals surface area contributed by atoms with Gasteiger partial charge in [0.1, 0.15) is 0 Å². The van der Waals surface area contributed by atoms with E-state index in [9.17, 15) is 14.4 Å². The van der Waals surface area contributed by atoms with Gasteiger partial charge in [0.2, 0.25) is 0 Å². The lowest BCUT2D eigenvalue weighted by atomic mass is 10.2. The number of nitrogens with zero attached hydrogens (tertiary/aromatic N) is 1. The lowest BCUT2D eigenvalue weighted by Crippen LogP contribution is -2.32. The number of halogens is 4. The summed E-state index contributed by atoms with van der Waals surface area (Å²) in [6.45, 7) is -0.300. The molecule has 3 rings (SSSR count). The third-order valence-corrected chi connectivity index (χ3v) is 6.09. The van der Waals surface area contributed by atoms with Crippen LogP contribution in [-0.4, -0.2) is 37.7 Å². The van der Waals surface area contributed by atoms with Crippen molar-refractivity contribution in [2.75, 3.05) is 24.4 Å². The van der Waals surface area contributed by atoms with Crippen molar-refractivity contribution in [3.8, 4) is 11.5 Å². The first kappa shape index (κ1) is 28.1. The highest BCUT2D eigenvalue weighted by molar-refractivity contribution is 6.45. The van der Waals surface area contributed by atoms with Crippen LogP contribution >= 0.6 is 46.4 Å². The normalized spacial score (nSPS) is 10.6. The van der Waals surface area contributed by atoms with Crippen molar-refractivity contribution in [1.29, 1.82) is 0 Å². The van der Waals surface area contributed by atoms with Gasteiger partial charge in [0.15, 0.2) is 18.1 Å². The summed E-state index contributed by atoms with van der Waals surface area (Å²) < 4.78 is 10.8. The fraction of sp³-hybridized carbons (Fsp3) is 0.0833. The monoisotopic (exact) mass is 582 g/mol. The Hall–Kier alpha value is -3.50. The highest BCUT2D eigenvalue weighted by Gasteiger charge is 2.15. The van der Waals surface area contributed by atoms with Gasteiger partial charge in [-0.3, -0.25) is 14.4 Å². The van der Waals surface area contributed by atoms with E-state index in [4.69, 9.17) is 55.9 Å². The third kappa shape index (κ3) is 7.99. The van der Waals surface area contributed by atoms with Gasteiger partial charge < -0.3 is 20.1 Å². The summed E-state index contributed by atoms with van der Waals surface area (Å²) >= 11 is 23.7. The number of hydrazone groups is 1. The molecule has 0 fully saturated rings. The summed E-state index contributed by atoms with van der Waals surface area (Å²) in [5.41, 5.74) is 3.27. The van der Waals surface area contributed by atoms with Crippen LogP contribution in [-0.2, 0) is 14.4 Å². The average Bonchev–Trinajstić information content (AvgIpc) is 2.87. The second kappa shape index (κ2) is 13.2. The molecular formula is C24H18Cl4N4O5. The first-order valence-electron chi connectivity index (χ1n) is 10.3. The molecule has 192 valence electrons. The van der Waals surface area contributed by atoms with Gasteiger partial charge in [-0.25, -0.2) is 5.43 Å². The number of carbonyl (C=O) groups is 3. The Kier molecular flexibility index (Phi) is 9.99. The molecule has 3 amide bonds. The Morgan fingerprint density at radius 3 is 2.38 bits per heavy atom. The van der Waals surface area contributed by atoms with E-state index in [1.165, 1.54) is 25.5 Å². The predicted molar refractivity (Wildman–Crippen MR) is 144 cm³/mol. The topological polar surface area (TPSA) is 118 Å². The largest absolute Gasteiger partial charge is 0.493 e. The van der Waals surface area contributed by atoms with Gasteiger partial charge in [-0.05, 0) is 54.1 Å². The maximum atomic E-state index is 12.2. The number of nitrogens with one attached hydrogen (secondary N) is 3. The Bertz CT molecular complexity index is 1370. The molecule has 13 heteroatoms. The highest BCUT2D eigenvalue weighted by Crippen LogP contribution is 2.30. The van der Waals surface area contributed by atoms with Crippen LogP contribution < -0.4 is 25.5 Å². The number of rotatable bonds is 8. The van der Waals surface area contributed by atoms with E-state index in [0.29, 0.717) is 32.8 Å². The minimum Gasteiger partial charge on any atom is -0.493 e. The molecule has 3 aromatic carbocycles. The summed E-state index contributed by atoms with van der Waals surface area (Å²) in [6.07, 6.45) is 1.29. The number of hydrogen-bond acceptors (Lipinski definition) is 6. The fourth-order valence-corrected chi connectivity index (χ4v) is 3.44. The minimum absolute atomic E-state index is 0.107. The van der Waals surface area contributed by atoms with Crippen LogP contribution in [0.3, 0.4) is 0 Å². The van der Waals surface area contributed by atoms with Gasteiger partial charge in [0, 0.05) is 5.69 Å². The van der Waals surface area contributed by atoms with Crippen molar-refractivity contribution in [1.82, 2.24) is 5.43 Å². The Morgan fingerprint density at radius 1 is 0.865 bits per heavy atom. The number of hydrogen-bond donors (Lipinski definition) is 3. The number of benzene rings is 3. The molecule has 3 aromatic rings. The lowest BCUT2D eigenvalue weighted by molar-refractivity contribution is -0.136. The first-order chi connectivity index (χ1) is 17.7. The zero-order valence-electron chi connectivity index (χ0n) is 19.0. The van der Waals surface area contributed by atoms with Crippen molar-refractivity contribution in [3.63, 3.8) is 0 Å². The number of carbonyl (C=O) groups excluding carboxylic acids is 3. The Labute approximate surface area is 231 Å². The number of amides is 3. The summed E-state index contributed by atoms with van der Waals surface area (Å²) in [5.74, 6) is -1.82. The van der Waals surface area contributed by atoms with Crippen molar-refractivity contribution in [2.45, 2.75) is 0 Å². The van der Waals surface area contributed by atoms with Gasteiger partial charge in [-0.15, -0.1) is 0 Å². The SMILES string of the molecule is COc1cc(/C=N\NC(=O)C(=O)Nc2cccc(Cl)c2Cl)ccc1OCC(=O)Nc1ccc(Cl)c(Cl)c1. The maximum Gasteiger partial charge on any atom is 0.329 e. The molecule has 0 radical (unpaired) electrons. The van der Waals surface area contributed by atoms with Gasteiger partial charge in [-0.2, -0.15) is 5.10 Å². The van der Waals surface area contributed by atoms with E-state index in [1.807, 2.05) is 0 Å². The van der Waals surface area contributed by atoms with Crippen LogP contribution in [0.2, 0.25) is 20.1 Å². The molecule has 9 nitrogen and oxygen atoms in total. The number of anilines is 2. The van der Waals surface area contributed by atoms with Crippen LogP contribution in [0.1, 0.15) is 5.56 Å². The van der Waals surface area contributed by atoms with Crippen LogP contribution in [0.25, 0.3) is 0 Å². The lowest BCUT2D eigenvalue weighted by Gasteiger charge is -2.12. The molecule has 0 saturated heterocycles. The zero-order valence-corrected chi connectivity index (χ0v) is 22.0. The van der Waals surface area contributed by atoms with E-state index < -0.39 is 17.7 Å². The summed E-state index contributed by atoms with van der Waals surface area (Å²) in [4.78, 5) is 36.3. The molecule has 0 atom stereocenters. The number of ether oxygens (including phenoxy) is 2. The van der Waals surface area contributed by atoms with E-state index >= 15 is 0 Å². The van der Waals surface area contributed by atoms with Crippen LogP contribution in [0, 0.1) is 0 Å². The number of methoxy groups -OCH3 is 1. The third-order valence-electron chi connectivity index (χ3n) is 4.54. The molecule has 0 bridgehead atoms. The van der Waals surface area contributed by atoms with Crippen molar-refractivity contribution < 1.29 is 23.9 Å². The van der Waals surface area contributed by atoms with Gasteiger partial charge in [0.25, 0.3) is 5.91 Å². The standard InChI is InChI=1S/C24H18Cl4N4O5/c1-36-20-9-13(11-29-32-24(35)23(34)31-18-4-2-3-16(26)22(18)28)5-8-19(20)37-12-21(33)30-14-6-7-15(25)17(27)10-14/h2-11H,12H2,1H3,(H,30,33)(H,31,34)(H,32,35)/b29-11-. The Balaban J connectivity index is 1.54. The molecule has 0 spiro atoms. The minimum atomic E-state index is -1.02. The van der Waals surface area contributed by atoms with Crippen LogP contribution in [0.4, 0.5) is 11.4 Å². The van der Waals surface area contributed by atoms with Crippen molar-refractivity contribution in [3.05, 3.63) is 80.3 Å². The first-order valence-corrected chi connectivity index (χ1v) is 11.8. The van der Waals surface area contributed by atoms with Crippen molar-refractivity contribution in [2.24, 2.45) is 5.10 Å². The zero-order chi connectivity index (χ0) is 26.9. The second-order valence-electron chi connectivity index (χ2n) is 7.13. The van der Waals surface area contributed by atoms with Gasteiger partial charge >= 0.3 is 11.8 Å². The van der Waals surface area contributed by atoms with Crippen molar-refractivity contribution >= 4 is 81.7 Å². The molecule has 3 N–H and O–H groups in total. The molecule has 0 aliphatic carbocycles. The quantitative estimate of drug-likeness (QED) is 0.186. The molecule has 0 heterocycles. The van der Waals surface area contributed by atoms with Crippen LogP contribution in [0.5, 0.6) is 11.5 Å². The summed E-state index contributed by atoms with van der Waals surface area (Å²) in [6, 6.07) is 14.0. The summed E-state index contributed by atoms with van der Waals surface area (Å²) in [7, 11) is 1.42. The maximum absolute atomic E-state index is 12.2. The average molecular weight is 584 g/mol. The van der Waals surface area contributed by atoms with E-state index in [2.05, 4.69) is 21.2 Å². The van der Waals surface area contributed by atoms with E-state index in [0.717, 1.165) is 0 Å². The summed E-state index contributed by atoms with van der Waals surface area (Å²) in [5, 5.41) is 9.76. The predicted octanol–water partition coefficient (Wildman–Crippen LogP) is 5.42. The Morgan fingerprint density at radius 2 is 1.65 bits per heavy atom. The van der Waals surface area contributed by atoms with E-state index in [1.54, 1.807) is 42.5 Å². The highest BCUT2D eigenvalue weighted by atomic mass is 35.5. The second-order valence-corrected chi connectivity index (χ2v) is 8.73. The molecule has 37 heavy (non-hydrogen) atoms. The smallest absolute Gasteiger partial charge is 0.329 e. The van der Waals surface area contributed by atoms with Gasteiger partial charge in [0.05, 0.1) is 39.1 Å².